The quantitative estimate of drug-likeness (QED) is 0.637. The molecule has 3 rings (SSSR count). The van der Waals surface area contributed by atoms with Gasteiger partial charge in [0, 0.05) is 35.2 Å². The van der Waals surface area contributed by atoms with Crippen molar-refractivity contribution in [3.8, 4) is 5.88 Å². The topological polar surface area (TPSA) is 59.5 Å². The van der Waals surface area contributed by atoms with Crippen molar-refractivity contribution in [2.45, 2.75) is 32.8 Å². The summed E-state index contributed by atoms with van der Waals surface area (Å²) < 4.78 is 25.6. The van der Waals surface area contributed by atoms with Crippen LogP contribution < -0.4 is 10.1 Å². The van der Waals surface area contributed by atoms with Gasteiger partial charge in [0.1, 0.15) is 24.4 Å². The van der Waals surface area contributed by atoms with Crippen molar-refractivity contribution >= 4 is 38.9 Å². The van der Waals surface area contributed by atoms with Gasteiger partial charge in [-0.1, -0.05) is 13.8 Å². The van der Waals surface area contributed by atoms with Gasteiger partial charge in [-0.05, 0) is 53.3 Å². The molecule has 0 saturated carbocycles. The van der Waals surface area contributed by atoms with Gasteiger partial charge in [0.2, 0.25) is 5.88 Å². The number of hydrogen-bond acceptors (Lipinski definition) is 5. The summed E-state index contributed by atoms with van der Waals surface area (Å²) in [5.41, 5.74) is 1.59. The van der Waals surface area contributed by atoms with Crippen LogP contribution in [0.3, 0.4) is 0 Å². The molecule has 9 heteroatoms. The van der Waals surface area contributed by atoms with E-state index in [9.17, 15) is 4.39 Å². The highest BCUT2D eigenvalue weighted by Crippen LogP contribution is 2.24. The molecule has 0 amide bonds. The van der Waals surface area contributed by atoms with E-state index in [4.69, 9.17) is 21.7 Å². The highest BCUT2D eigenvalue weighted by atomic mass is 79.9. The summed E-state index contributed by atoms with van der Waals surface area (Å²) in [5.74, 6) is 1.24. The molecule has 6 nitrogen and oxygen atoms in total. The lowest BCUT2D eigenvalue weighted by Crippen LogP contribution is -2.49. The summed E-state index contributed by atoms with van der Waals surface area (Å²) in [4.78, 5) is 10.9. The number of hydrogen-bond donors (Lipinski definition) is 1. The van der Waals surface area contributed by atoms with Crippen LogP contribution >= 0.6 is 28.1 Å². The number of halogens is 2. The first-order valence-corrected chi connectivity index (χ1v) is 10.6. The molecule has 2 aromatic rings. The minimum absolute atomic E-state index is 0.141. The van der Waals surface area contributed by atoms with Crippen molar-refractivity contribution in [3.63, 3.8) is 0 Å². The SMILES string of the molecule is Cc1cc(OCC2CN(C(=S)Nc3ccc(F)cc3Br)CCO2)nc(C(C)C)n1. The summed E-state index contributed by atoms with van der Waals surface area (Å²) in [6.07, 6.45) is -0.141. The molecular formula is C20H24BrFN4O2S. The lowest BCUT2D eigenvalue weighted by atomic mass is 10.2. The van der Waals surface area contributed by atoms with Crippen LogP contribution in [0, 0.1) is 12.7 Å². The minimum atomic E-state index is -0.308. The van der Waals surface area contributed by atoms with E-state index in [2.05, 4.69) is 31.2 Å². The highest BCUT2D eigenvalue weighted by Gasteiger charge is 2.23. The van der Waals surface area contributed by atoms with E-state index < -0.39 is 0 Å². The molecule has 1 atom stereocenters. The van der Waals surface area contributed by atoms with Crippen LogP contribution in [-0.2, 0) is 4.74 Å². The van der Waals surface area contributed by atoms with Gasteiger partial charge in [-0.2, -0.15) is 4.98 Å². The van der Waals surface area contributed by atoms with Crippen molar-refractivity contribution in [3.05, 3.63) is 46.1 Å². The number of ether oxygens (including phenoxy) is 2. The van der Waals surface area contributed by atoms with Gasteiger partial charge in [0.15, 0.2) is 5.11 Å². The molecule has 2 heterocycles. The Morgan fingerprint density at radius 1 is 1.41 bits per heavy atom. The number of thiocarbonyl (C=S) groups is 1. The second-order valence-corrected chi connectivity index (χ2v) is 8.41. The Kier molecular flexibility index (Phi) is 7.37. The monoisotopic (exact) mass is 482 g/mol. The number of morpholine rings is 1. The Hall–Kier alpha value is -1.84. The summed E-state index contributed by atoms with van der Waals surface area (Å²) in [6.45, 7) is 8.20. The third-order valence-electron chi connectivity index (χ3n) is 4.38. The number of nitrogens with zero attached hydrogens (tertiary/aromatic N) is 3. The minimum Gasteiger partial charge on any atom is -0.475 e. The highest BCUT2D eigenvalue weighted by molar-refractivity contribution is 9.10. The maximum Gasteiger partial charge on any atom is 0.216 e. The summed E-state index contributed by atoms with van der Waals surface area (Å²) in [7, 11) is 0. The standard InChI is InChI=1S/C20H24BrFN4O2S/c1-12(2)19-23-13(3)8-18(25-19)28-11-15-10-26(6-7-27-15)20(29)24-17-5-4-14(22)9-16(17)21/h4-5,8-9,12,15H,6-7,10-11H2,1-3H3,(H,24,29). The Morgan fingerprint density at radius 3 is 2.93 bits per heavy atom. The lowest BCUT2D eigenvalue weighted by molar-refractivity contribution is -0.0288. The molecule has 0 spiro atoms. The van der Waals surface area contributed by atoms with E-state index in [0.29, 0.717) is 47.5 Å². The normalized spacial score (nSPS) is 16.8. The van der Waals surface area contributed by atoms with Gasteiger partial charge in [-0.25, -0.2) is 9.37 Å². The maximum absolute atomic E-state index is 13.3. The van der Waals surface area contributed by atoms with Crippen LogP contribution in [0.5, 0.6) is 5.88 Å². The Morgan fingerprint density at radius 2 is 2.21 bits per heavy atom. The van der Waals surface area contributed by atoms with Crippen molar-refractivity contribution in [1.82, 2.24) is 14.9 Å². The molecule has 0 radical (unpaired) electrons. The molecule has 29 heavy (non-hydrogen) atoms. The van der Waals surface area contributed by atoms with E-state index >= 15 is 0 Å². The smallest absolute Gasteiger partial charge is 0.216 e. The Balaban J connectivity index is 1.57. The average molecular weight is 483 g/mol. The zero-order chi connectivity index (χ0) is 21.0. The van der Waals surface area contributed by atoms with Crippen LogP contribution in [0.1, 0.15) is 31.3 Å². The van der Waals surface area contributed by atoms with Crippen LogP contribution in [0.2, 0.25) is 0 Å². The van der Waals surface area contributed by atoms with Gasteiger partial charge in [-0.15, -0.1) is 0 Å². The third kappa shape index (κ3) is 6.07. The number of aromatic nitrogens is 2. The van der Waals surface area contributed by atoms with Gasteiger partial charge in [0.05, 0.1) is 12.3 Å². The van der Waals surface area contributed by atoms with Crippen LogP contribution in [0.4, 0.5) is 10.1 Å². The van der Waals surface area contributed by atoms with Crippen molar-refractivity contribution < 1.29 is 13.9 Å². The summed E-state index contributed by atoms with van der Waals surface area (Å²) in [5, 5.41) is 3.72. The zero-order valence-electron chi connectivity index (χ0n) is 16.6. The average Bonchev–Trinajstić information content (AvgIpc) is 2.68. The molecule has 1 unspecified atom stereocenters. The number of anilines is 1. The molecule has 1 aromatic carbocycles. The van der Waals surface area contributed by atoms with E-state index in [0.717, 1.165) is 11.5 Å². The van der Waals surface area contributed by atoms with Crippen LogP contribution in [-0.4, -0.2) is 52.4 Å². The zero-order valence-corrected chi connectivity index (χ0v) is 19.0. The predicted molar refractivity (Wildman–Crippen MR) is 118 cm³/mol. The first-order chi connectivity index (χ1) is 13.8. The Bertz CT molecular complexity index is 884. The van der Waals surface area contributed by atoms with Crippen LogP contribution in [0.25, 0.3) is 0 Å². The van der Waals surface area contributed by atoms with Gasteiger partial charge in [0.25, 0.3) is 0 Å². The second kappa shape index (κ2) is 9.77. The molecule has 0 bridgehead atoms. The molecule has 1 aliphatic heterocycles. The molecule has 0 aliphatic carbocycles. The number of benzene rings is 1. The number of aryl methyl sites for hydroxylation is 1. The van der Waals surface area contributed by atoms with E-state index in [1.165, 1.54) is 12.1 Å². The molecule has 1 aromatic heterocycles. The fourth-order valence-electron chi connectivity index (χ4n) is 2.86. The van der Waals surface area contributed by atoms with E-state index in [1.807, 2.05) is 31.7 Å². The van der Waals surface area contributed by atoms with Gasteiger partial charge in [-0.3, -0.25) is 0 Å². The predicted octanol–water partition coefficient (Wildman–Crippen LogP) is 4.29. The number of nitrogens with one attached hydrogen (secondary N) is 1. The summed E-state index contributed by atoms with van der Waals surface area (Å²) >= 11 is 8.87. The van der Waals surface area contributed by atoms with Crippen molar-refractivity contribution in [2.75, 3.05) is 31.6 Å². The first kappa shape index (κ1) is 21.9. The fourth-order valence-corrected chi connectivity index (χ4v) is 3.59. The van der Waals surface area contributed by atoms with Crippen LogP contribution in [0.15, 0.2) is 28.7 Å². The van der Waals surface area contributed by atoms with E-state index in [1.54, 1.807) is 6.07 Å². The van der Waals surface area contributed by atoms with Gasteiger partial charge >= 0.3 is 0 Å². The lowest BCUT2D eigenvalue weighted by Gasteiger charge is -2.34. The molecule has 1 saturated heterocycles. The fraction of sp³-hybridized carbons (Fsp3) is 0.450. The van der Waals surface area contributed by atoms with Crippen molar-refractivity contribution in [2.24, 2.45) is 0 Å². The molecule has 1 N–H and O–H groups in total. The van der Waals surface area contributed by atoms with E-state index in [-0.39, 0.29) is 17.8 Å². The first-order valence-electron chi connectivity index (χ1n) is 9.43. The molecule has 1 fully saturated rings. The largest absolute Gasteiger partial charge is 0.475 e. The maximum atomic E-state index is 13.3. The Labute approximate surface area is 184 Å². The number of rotatable bonds is 5. The molecule has 1 aliphatic rings. The van der Waals surface area contributed by atoms with Crippen molar-refractivity contribution in [1.29, 1.82) is 0 Å². The molecular weight excluding hydrogens is 459 g/mol. The third-order valence-corrected chi connectivity index (χ3v) is 5.40. The van der Waals surface area contributed by atoms with Gasteiger partial charge < -0.3 is 19.7 Å². The second-order valence-electron chi connectivity index (χ2n) is 7.16. The summed E-state index contributed by atoms with van der Waals surface area (Å²) in [6, 6.07) is 6.26. The molecule has 156 valence electrons.